The van der Waals surface area contributed by atoms with Crippen LogP contribution < -0.4 is 10.6 Å². The summed E-state index contributed by atoms with van der Waals surface area (Å²) in [6.07, 6.45) is 3.38. The van der Waals surface area contributed by atoms with Crippen LogP contribution >= 0.6 is 11.3 Å². The first-order valence-corrected chi connectivity index (χ1v) is 20.9. The van der Waals surface area contributed by atoms with Crippen molar-refractivity contribution in [3.8, 4) is 5.75 Å². The molecule has 1 aliphatic carbocycles. The minimum atomic E-state index is -1.07. The Hall–Kier alpha value is -4.57. The number of carboxylic acid groups (broad SMARTS) is 1. The van der Waals surface area contributed by atoms with Gasteiger partial charge in [0.2, 0.25) is 11.8 Å². The highest BCUT2D eigenvalue weighted by molar-refractivity contribution is 7.09. The Morgan fingerprint density at radius 1 is 1.11 bits per heavy atom. The fourth-order valence-electron chi connectivity index (χ4n) is 7.63. The molecule has 57 heavy (non-hydrogen) atoms. The van der Waals surface area contributed by atoms with Gasteiger partial charge in [0, 0.05) is 37.2 Å². The summed E-state index contributed by atoms with van der Waals surface area (Å²) in [6, 6.07) is 2.08. The first-order valence-electron chi connectivity index (χ1n) is 20.0. The van der Waals surface area contributed by atoms with E-state index in [9.17, 15) is 39.0 Å². The van der Waals surface area contributed by atoms with Crippen LogP contribution in [0.5, 0.6) is 5.75 Å². The number of esters is 2. The molecule has 314 valence electrons. The maximum absolute atomic E-state index is 14.7. The van der Waals surface area contributed by atoms with Gasteiger partial charge in [-0.05, 0) is 80.8 Å². The number of likely N-dealkylation sites (N-methyl/N-ethyl adjacent to an activating group) is 1. The van der Waals surface area contributed by atoms with E-state index in [0.29, 0.717) is 41.8 Å². The summed E-state index contributed by atoms with van der Waals surface area (Å²) in [5.41, 5.74) is 1.27. The van der Waals surface area contributed by atoms with Crippen LogP contribution in [0.3, 0.4) is 0 Å². The van der Waals surface area contributed by atoms with Crippen molar-refractivity contribution in [3.05, 3.63) is 45.4 Å². The molecule has 3 unspecified atom stereocenters. The predicted molar refractivity (Wildman–Crippen MR) is 212 cm³/mol. The molecule has 1 aliphatic heterocycles. The molecule has 2 aliphatic rings. The van der Waals surface area contributed by atoms with Gasteiger partial charge in [0.05, 0.1) is 12.0 Å². The standard InChI is InChI=1S/C41H59N5O10S/c1-8-12-35(49)55-22-46(40(52)36(24(5)9-2)44-38(51)32-13-10-11-16-45(32)7)33(23(3)4)20-34(56-25(6)47)39-43-31(21-57-39)37(50)42-27-17-26-14-15-28(48)19-29(26)30(18-27)41(53)54/h14-15,19,21,23-24,27,30,32-34,36,48H,8-13,16-18,20,22H2,1-7H3,(H,42,50)(H,44,51)(H,53,54)/t24?,27-,30+,32?,33+,34+,36?/m0/s1. The maximum Gasteiger partial charge on any atom is 0.311 e. The summed E-state index contributed by atoms with van der Waals surface area (Å²) in [7, 11) is 1.90. The molecule has 2 aromatic rings. The van der Waals surface area contributed by atoms with E-state index in [2.05, 4.69) is 15.6 Å². The quantitative estimate of drug-likeness (QED) is 0.117. The molecule has 0 spiro atoms. The van der Waals surface area contributed by atoms with Crippen molar-refractivity contribution in [2.24, 2.45) is 11.8 Å². The summed E-state index contributed by atoms with van der Waals surface area (Å²) in [4.78, 5) is 87.3. The number of phenolic OH excluding ortho intramolecular Hbond substituents is 1. The Balaban J connectivity index is 1.60. The lowest BCUT2D eigenvalue weighted by atomic mass is 9.80. The monoisotopic (exact) mass is 813 g/mol. The molecule has 0 bridgehead atoms. The average Bonchev–Trinajstić information content (AvgIpc) is 3.66. The van der Waals surface area contributed by atoms with E-state index in [1.807, 2.05) is 46.6 Å². The van der Waals surface area contributed by atoms with Gasteiger partial charge in [0.25, 0.3) is 5.91 Å². The van der Waals surface area contributed by atoms with Crippen LogP contribution in [-0.4, -0.2) is 105 Å². The predicted octanol–water partition coefficient (Wildman–Crippen LogP) is 4.93. The van der Waals surface area contributed by atoms with Crippen LogP contribution in [0.2, 0.25) is 0 Å². The molecule has 1 aromatic heterocycles. The SMILES string of the molecule is CCCC(=O)OCN(C(=O)C(NC(=O)C1CCCCN1C)C(C)CC)[C@H](C[C@@H](OC(C)=O)c1nc(C(=O)N[C@H]2Cc3ccc(O)cc3[C@H](C(=O)O)C2)cs1)C(C)C. The van der Waals surface area contributed by atoms with E-state index >= 15 is 0 Å². The zero-order chi connectivity index (χ0) is 42.0. The van der Waals surface area contributed by atoms with E-state index in [-0.39, 0.29) is 61.2 Å². The molecule has 4 rings (SSSR count). The first kappa shape index (κ1) is 45.1. The number of aromatic nitrogens is 1. The van der Waals surface area contributed by atoms with Crippen molar-refractivity contribution in [1.82, 2.24) is 25.4 Å². The highest BCUT2D eigenvalue weighted by Gasteiger charge is 2.40. The number of hydrogen-bond acceptors (Lipinski definition) is 12. The van der Waals surface area contributed by atoms with Crippen molar-refractivity contribution >= 4 is 47.0 Å². The summed E-state index contributed by atoms with van der Waals surface area (Å²) in [6.45, 7) is 11.1. The van der Waals surface area contributed by atoms with Crippen LogP contribution in [-0.2, 0) is 39.9 Å². The van der Waals surface area contributed by atoms with E-state index in [1.54, 1.807) is 6.07 Å². The third kappa shape index (κ3) is 12.0. The molecule has 2 heterocycles. The Morgan fingerprint density at radius 2 is 1.84 bits per heavy atom. The second-order valence-corrected chi connectivity index (χ2v) is 16.6. The second kappa shape index (κ2) is 20.7. The van der Waals surface area contributed by atoms with Gasteiger partial charge in [-0.25, -0.2) is 4.98 Å². The van der Waals surface area contributed by atoms with Gasteiger partial charge in [0.1, 0.15) is 22.5 Å². The first-order chi connectivity index (χ1) is 27.0. The number of rotatable bonds is 18. The molecule has 16 heteroatoms. The van der Waals surface area contributed by atoms with Gasteiger partial charge in [-0.15, -0.1) is 11.3 Å². The Kier molecular flexibility index (Phi) is 16.4. The smallest absolute Gasteiger partial charge is 0.311 e. The van der Waals surface area contributed by atoms with Gasteiger partial charge < -0.3 is 35.2 Å². The number of nitrogens with zero attached hydrogens (tertiary/aromatic N) is 3. The number of nitrogens with one attached hydrogen (secondary N) is 2. The highest BCUT2D eigenvalue weighted by atomic mass is 32.1. The number of ether oxygens (including phenoxy) is 2. The van der Waals surface area contributed by atoms with Crippen molar-refractivity contribution in [1.29, 1.82) is 0 Å². The lowest BCUT2D eigenvalue weighted by Crippen LogP contribution is -2.59. The summed E-state index contributed by atoms with van der Waals surface area (Å²) in [5, 5.41) is 27.6. The molecule has 0 saturated carbocycles. The number of carboxylic acids is 1. The minimum Gasteiger partial charge on any atom is -0.508 e. The van der Waals surface area contributed by atoms with E-state index < -0.39 is 59.9 Å². The lowest BCUT2D eigenvalue weighted by Gasteiger charge is -2.39. The third-order valence-corrected chi connectivity index (χ3v) is 12.0. The molecule has 7 atom stereocenters. The number of piperidine rings is 1. The molecule has 4 N–H and O–H groups in total. The molecular weight excluding hydrogens is 755 g/mol. The summed E-state index contributed by atoms with van der Waals surface area (Å²) in [5.74, 6) is -4.83. The number of aliphatic carboxylic acids is 1. The number of fused-ring (bicyclic) bond motifs is 1. The largest absolute Gasteiger partial charge is 0.508 e. The Morgan fingerprint density at radius 3 is 2.47 bits per heavy atom. The van der Waals surface area contributed by atoms with Crippen LogP contribution in [0.15, 0.2) is 23.6 Å². The second-order valence-electron chi connectivity index (χ2n) is 15.7. The van der Waals surface area contributed by atoms with Crippen LogP contribution in [0, 0.1) is 11.8 Å². The zero-order valence-corrected chi connectivity index (χ0v) is 34.9. The number of likely N-dealkylation sites (tertiary alicyclic amines) is 1. The van der Waals surface area contributed by atoms with Gasteiger partial charge in [-0.1, -0.05) is 53.5 Å². The lowest BCUT2D eigenvalue weighted by molar-refractivity contribution is -0.160. The fraction of sp³-hybridized carbons (Fsp3) is 0.634. The van der Waals surface area contributed by atoms with Gasteiger partial charge in [0.15, 0.2) is 12.8 Å². The highest BCUT2D eigenvalue weighted by Crippen LogP contribution is 2.35. The minimum absolute atomic E-state index is 0.0330. The van der Waals surface area contributed by atoms with Crippen LogP contribution in [0.25, 0.3) is 0 Å². The Bertz CT molecular complexity index is 1750. The zero-order valence-electron chi connectivity index (χ0n) is 34.1. The maximum atomic E-state index is 14.7. The molecular formula is C41H59N5O10S. The van der Waals surface area contributed by atoms with Crippen LogP contribution in [0.4, 0.5) is 0 Å². The summed E-state index contributed by atoms with van der Waals surface area (Å²) >= 11 is 1.10. The molecule has 0 radical (unpaired) electrons. The van der Waals surface area contributed by atoms with E-state index in [1.165, 1.54) is 29.3 Å². The fourth-order valence-corrected chi connectivity index (χ4v) is 8.47. The summed E-state index contributed by atoms with van der Waals surface area (Å²) < 4.78 is 11.4. The Labute approximate surface area is 338 Å². The number of carbonyl (C=O) groups excluding carboxylic acids is 5. The van der Waals surface area contributed by atoms with E-state index in [4.69, 9.17) is 9.47 Å². The van der Waals surface area contributed by atoms with Crippen molar-refractivity contribution in [3.63, 3.8) is 0 Å². The third-order valence-electron chi connectivity index (χ3n) is 11.0. The number of hydrogen-bond donors (Lipinski definition) is 4. The average molecular weight is 814 g/mol. The number of thiazole rings is 1. The van der Waals surface area contributed by atoms with Gasteiger partial charge in [-0.2, -0.15) is 0 Å². The molecule has 1 saturated heterocycles. The normalized spacial score (nSPS) is 20.3. The van der Waals surface area contributed by atoms with Crippen molar-refractivity contribution in [2.75, 3.05) is 20.3 Å². The van der Waals surface area contributed by atoms with Crippen molar-refractivity contribution < 1.29 is 48.5 Å². The molecule has 1 aromatic carbocycles. The topological polar surface area (TPSA) is 205 Å². The number of benzene rings is 1. The van der Waals surface area contributed by atoms with Gasteiger partial charge in [-0.3, -0.25) is 33.7 Å². The molecule has 15 nitrogen and oxygen atoms in total. The van der Waals surface area contributed by atoms with E-state index in [0.717, 1.165) is 30.7 Å². The number of aromatic hydroxyl groups is 1. The molecule has 1 fully saturated rings. The van der Waals surface area contributed by atoms with Gasteiger partial charge >= 0.3 is 17.9 Å². The number of carbonyl (C=O) groups is 6. The van der Waals surface area contributed by atoms with Crippen LogP contribution in [0.1, 0.15) is 132 Å². The number of phenols is 1. The number of amides is 3. The molecule has 3 amide bonds. The van der Waals surface area contributed by atoms with Crippen molar-refractivity contribution in [2.45, 2.75) is 136 Å².